The molecule has 14 nitrogen and oxygen atoms in total. The molecule has 0 amide bonds. The van der Waals surface area contributed by atoms with Gasteiger partial charge in [-0.3, -0.25) is 9.59 Å². The number of ether oxygens (including phenoxy) is 4. The van der Waals surface area contributed by atoms with E-state index >= 15 is 0 Å². The number of fused-ring (bicyclic) bond motifs is 1. The lowest BCUT2D eigenvalue weighted by Gasteiger charge is -2.17. The Morgan fingerprint density at radius 2 is 1.59 bits per heavy atom. The van der Waals surface area contributed by atoms with Crippen LogP contribution in [0.2, 0.25) is 0 Å². The van der Waals surface area contributed by atoms with E-state index in [1.807, 2.05) is 0 Å². The second-order valence-corrected chi connectivity index (χ2v) is 7.75. The van der Waals surface area contributed by atoms with Crippen molar-refractivity contribution >= 4 is 11.9 Å². The van der Waals surface area contributed by atoms with E-state index in [1.165, 1.54) is 0 Å². The number of carbonyl (C=O) groups excluding carboxylic acids is 2. The van der Waals surface area contributed by atoms with Crippen molar-refractivity contribution in [1.29, 1.82) is 0 Å². The van der Waals surface area contributed by atoms with E-state index in [1.54, 1.807) is 13.8 Å². The SMILES string of the molecule is C[C@H](CCCC(=O)O[C@@H]1CO[C@H]2[C@@H]1OC[C@H]2OC(=O)CCC[C@H](C)O[N+](=O)[O-])NOOO. The zero-order valence-electron chi connectivity index (χ0n) is 18.0. The van der Waals surface area contributed by atoms with Crippen LogP contribution in [-0.4, -0.2) is 72.1 Å². The van der Waals surface area contributed by atoms with Crippen molar-refractivity contribution < 1.29 is 53.7 Å². The largest absolute Gasteiger partial charge is 0.457 e. The van der Waals surface area contributed by atoms with Gasteiger partial charge in [0.25, 0.3) is 5.09 Å². The highest BCUT2D eigenvalue weighted by molar-refractivity contribution is 5.70. The molecule has 32 heavy (non-hydrogen) atoms. The molecule has 0 unspecified atom stereocenters. The fourth-order valence-electron chi connectivity index (χ4n) is 3.54. The van der Waals surface area contributed by atoms with Crippen LogP contribution >= 0.6 is 0 Å². The number of carbonyl (C=O) groups is 2. The van der Waals surface area contributed by atoms with Crippen LogP contribution in [0.1, 0.15) is 52.4 Å². The van der Waals surface area contributed by atoms with Gasteiger partial charge in [-0.1, -0.05) is 5.04 Å². The van der Waals surface area contributed by atoms with Gasteiger partial charge >= 0.3 is 11.9 Å². The fourth-order valence-corrected chi connectivity index (χ4v) is 3.54. The highest BCUT2D eigenvalue weighted by Gasteiger charge is 2.51. The molecule has 0 aromatic heterocycles. The maximum Gasteiger partial charge on any atom is 0.306 e. The van der Waals surface area contributed by atoms with Crippen molar-refractivity contribution in [2.24, 2.45) is 0 Å². The van der Waals surface area contributed by atoms with Crippen LogP contribution < -0.4 is 5.48 Å². The first-order valence-electron chi connectivity index (χ1n) is 10.5. The van der Waals surface area contributed by atoms with Crippen molar-refractivity contribution in [1.82, 2.24) is 5.48 Å². The molecule has 14 heteroatoms. The summed E-state index contributed by atoms with van der Waals surface area (Å²) in [5.41, 5.74) is 2.42. The Labute approximate surface area is 184 Å². The van der Waals surface area contributed by atoms with E-state index in [2.05, 4.69) is 20.3 Å². The lowest BCUT2D eigenvalue weighted by Crippen LogP contribution is -2.36. The smallest absolute Gasteiger partial charge is 0.306 e. The van der Waals surface area contributed by atoms with Crippen molar-refractivity contribution in [3.63, 3.8) is 0 Å². The van der Waals surface area contributed by atoms with Crippen LogP contribution in [0.5, 0.6) is 0 Å². The Bertz CT molecular complexity index is 621. The first-order valence-corrected chi connectivity index (χ1v) is 10.5. The van der Waals surface area contributed by atoms with Gasteiger partial charge in [-0.15, -0.1) is 15.1 Å². The molecule has 0 aliphatic carbocycles. The number of nitrogens with one attached hydrogen (secondary N) is 1. The maximum atomic E-state index is 12.1. The quantitative estimate of drug-likeness (QED) is 0.151. The molecule has 2 heterocycles. The Balaban J connectivity index is 1.64. The second-order valence-electron chi connectivity index (χ2n) is 7.75. The Kier molecular flexibility index (Phi) is 11.0. The third-order valence-corrected chi connectivity index (χ3v) is 5.09. The lowest BCUT2D eigenvalue weighted by atomic mass is 10.1. The molecular weight excluding hydrogens is 436 g/mol. The average molecular weight is 466 g/mol. The summed E-state index contributed by atoms with van der Waals surface area (Å²) >= 11 is 0. The Morgan fingerprint density at radius 3 is 2.09 bits per heavy atom. The summed E-state index contributed by atoms with van der Waals surface area (Å²) in [5, 5.41) is 20.9. The predicted molar refractivity (Wildman–Crippen MR) is 102 cm³/mol. The van der Waals surface area contributed by atoms with Crippen LogP contribution in [0.3, 0.4) is 0 Å². The fraction of sp³-hybridized carbons (Fsp3) is 0.889. The molecule has 0 saturated carbocycles. The molecule has 0 spiro atoms. The van der Waals surface area contributed by atoms with Gasteiger partial charge in [-0.25, -0.2) is 5.26 Å². The molecule has 184 valence electrons. The number of esters is 2. The lowest BCUT2D eigenvalue weighted by molar-refractivity contribution is -0.767. The third kappa shape index (κ3) is 8.80. The number of hydrogen-bond acceptors (Lipinski definition) is 13. The molecule has 0 aromatic carbocycles. The Morgan fingerprint density at radius 1 is 1.06 bits per heavy atom. The van der Waals surface area contributed by atoms with E-state index in [0.717, 1.165) is 0 Å². The van der Waals surface area contributed by atoms with E-state index in [-0.39, 0.29) is 32.1 Å². The maximum absolute atomic E-state index is 12.1. The molecule has 2 aliphatic heterocycles. The zero-order valence-corrected chi connectivity index (χ0v) is 18.0. The highest BCUT2D eigenvalue weighted by atomic mass is 17.5. The van der Waals surface area contributed by atoms with Crippen molar-refractivity contribution in [2.45, 2.75) is 88.9 Å². The van der Waals surface area contributed by atoms with Gasteiger partial charge in [0.1, 0.15) is 18.3 Å². The summed E-state index contributed by atoms with van der Waals surface area (Å²) in [7, 11) is 0. The molecule has 2 saturated heterocycles. The molecule has 0 aromatic rings. The van der Waals surface area contributed by atoms with Crippen LogP contribution in [-0.2, 0) is 43.4 Å². The van der Waals surface area contributed by atoms with Gasteiger partial charge < -0.3 is 23.8 Å². The zero-order chi connectivity index (χ0) is 23.5. The van der Waals surface area contributed by atoms with Gasteiger partial charge in [-0.2, -0.15) is 5.48 Å². The molecule has 0 bridgehead atoms. The van der Waals surface area contributed by atoms with Crippen LogP contribution in [0, 0.1) is 10.1 Å². The van der Waals surface area contributed by atoms with E-state index in [4.69, 9.17) is 24.2 Å². The van der Waals surface area contributed by atoms with Gasteiger partial charge in [-0.05, 0) is 39.5 Å². The van der Waals surface area contributed by atoms with E-state index in [9.17, 15) is 19.7 Å². The summed E-state index contributed by atoms with van der Waals surface area (Å²) in [6.07, 6.45) is -0.743. The minimum Gasteiger partial charge on any atom is -0.457 e. The van der Waals surface area contributed by atoms with Crippen molar-refractivity contribution in [3.05, 3.63) is 10.1 Å². The monoisotopic (exact) mass is 466 g/mol. The normalized spacial score (nSPS) is 26.2. The number of hydrogen-bond donors (Lipinski definition) is 2. The second kappa shape index (κ2) is 13.4. The molecule has 2 fully saturated rings. The predicted octanol–water partition coefficient (Wildman–Crippen LogP) is 0.859. The number of rotatable bonds is 15. The number of hydroxylamine groups is 1. The van der Waals surface area contributed by atoms with Gasteiger partial charge in [0.05, 0.1) is 13.2 Å². The molecular formula is C18H30N2O12. The average Bonchev–Trinajstić information content (AvgIpc) is 3.29. The molecule has 2 rings (SSSR count). The third-order valence-electron chi connectivity index (χ3n) is 5.09. The molecule has 6 atom stereocenters. The molecule has 2 N–H and O–H groups in total. The Hall–Kier alpha value is -2.10. The molecule has 2 aliphatic rings. The minimum absolute atomic E-state index is 0.0838. The van der Waals surface area contributed by atoms with Crippen LogP contribution in [0.15, 0.2) is 0 Å². The minimum atomic E-state index is -0.860. The van der Waals surface area contributed by atoms with Crippen LogP contribution in [0.4, 0.5) is 0 Å². The first kappa shape index (κ1) is 26.2. The standard InChI is InChI=1S/C18H30N2O12/c1-11(19-31-32-25)5-3-7-15(21)28-13-9-26-18-14(10-27-17(13)18)29-16(22)8-4-6-12(2)30-20(23)24/h11-14,17-19,25H,3-10H2,1-2H3/t11-,12+,13-,14-,17-,18-/m1/s1. The van der Waals surface area contributed by atoms with E-state index < -0.39 is 47.5 Å². The summed E-state index contributed by atoms with van der Waals surface area (Å²) in [5.74, 6) is -0.865. The first-order chi connectivity index (χ1) is 15.3. The van der Waals surface area contributed by atoms with Gasteiger partial charge in [0.2, 0.25) is 0 Å². The summed E-state index contributed by atoms with van der Waals surface area (Å²) in [4.78, 5) is 43.0. The van der Waals surface area contributed by atoms with Crippen LogP contribution in [0.25, 0.3) is 0 Å². The van der Waals surface area contributed by atoms with Gasteiger partial charge in [0, 0.05) is 18.9 Å². The number of nitrogens with zero attached hydrogens (tertiary/aromatic N) is 1. The van der Waals surface area contributed by atoms with Crippen molar-refractivity contribution in [3.8, 4) is 0 Å². The topological polar surface area (TPSA) is 174 Å². The van der Waals surface area contributed by atoms with Crippen molar-refractivity contribution in [2.75, 3.05) is 13.2 Å². The van der Waals surface area contributed by atoms with Gasteiger partial charge in [0.15, 0.2) is 12.2 Å². The van der Waals surface area contributed by atoms with E-state index in [0.29, 0.717) is 25.7 Å². The summed E-state index contributed by atoms with van der Waals surface area (Å²) < 4.78 is 22.1. The molecule has 0 radical (unpaired) electrons. The highest BCUT2D eigenvalue weighted by Crippen LogP contribution is 2.31. The summed E-state index contributed by atoms with van der Waals surface area (Å²) in [6.45, 7) is 3.61. The summed E-state index contributed by atoms with van der Waals surface area (Å²) in [6, 6.07) is -0.147.